The molecule has 0 fully saturated rings. The van der Waals surface area contributed by atoms with Crippen LogP contribution in [0.5, 0.6) is 0 Å². The maximum absolute atomic E-state index is 3.51. The SMILES string of the molecule is CC1=C=C(C)CCC(C)=C=C(C)CCCC1. The lowest BCUT2D eigenvalue weighted by Gasteiger charge is -2.04. The summed E-state index contributed by atoms with van der Waals surface area (Å²) in [6.07, 6.45) is 7.22. The largest absolute Gasteiger partial charge is 0.123 e. The molecule has 88 valence electrons. The highest BCUT2D eigenvalue weighted by Gasteiger charge is 1.97. The average molecular weight is 216 g/mol. The molecule has 0 unspecified atom stereocenters. The molecule has 0 radical (unpaired) electrons. The fourth-order valence-electron chi connectivity index (χ4n) is 2.13. The molecule has 0 nitrogen and oxygen atoms in total. The minimum atomic E-state index is 1.13. The Morgan fingerprint density at radius 3 is 1.25 bits per heavy atom. The summed E-state index contributed by atoms with van der Waals surface area (Å²) in [5.41, 5.74) is 12.6. The van der Waals surface area contributed by atoms with Crippen LogP contribution in [0.1, 0.15) is 66.2 Å². The smallest absolute Gasteiger partial charge is 0.0203 e. The Morgan fingerprint density at radius 1 is 0.562 bits per heavy atom. The Hall–Kier alpha value is -0.960. The summed E-state index contributed by atoms with van der Waals surface area (Å²) in [5.74, 6) is 0. The van der Waals surface area contributed by atoms with Gasteiger partial charge in [0.05, 0.1) is 0 Å². The fourth-order valence-corrected chi connectivity index (χ4v) is 2.13. The van der Waals surface area contributed by atoms with Gasteiger partial charge in [0, 0.05) is 0 Å². The summed E-state index contributed by atoms with van der Waals surface area (Å²) in [6, 6.07) is 0. The number of hydrogen-bond acceptors (Lipinski definition) is 0. The molecule has 1 aliphatic carbocycles. The molecule has 0 atom stereocenters. The molecular formula is C16H24. The van der Waals surface area contributed by atoms with Crippen LogP contribution in [0.15, 0.2) is 33.8 Å². The van der Waals surface area contributed by atoms with Crippen LogP contribution in [0.3, 0.4) is 0 Å². The summed E-state index contributed by atoms with van der Waals surface area (Å²) in [4.78, 5) is 0. The molecular weight excluding hydrogens is 192 g/mol. The van der Waals surface area contributed by atoms with E-state index in [0.29, 0.717) is 0 Å². The van der Waals surface area contributed by atoms with Crippen molar-refractivity contribution >= 4 is 0 Å². The van der Waals surface area contributed by atoms with Crippen LogP contribution in [-0.2, 0) is 0 Å². The van der Waals surface area contributed by atoms with Gasteiger partial charge in [-0.25, -0.2) is 0 Å². The van der Waals surface area contributed by atoms with E-state index in [9.17, 15) is 0 Å². The summed E-state index contributed by atoms with van der Waals surface area (Å²) in [6.45, 7) is 8.81. The molecule has 0 heteroatoms. The average Bonchev–Trinajstić information content (AvgIpc) is 2.20. The van der Waals surface area contributed by atoms with Crippen LogP contribution < -0.4 is 0 Å². The first-order valence-corrected chi connectivity index (χ1v) is 6.41. The van der Waals surface area contributed by atoms with Crippen molar-refractivity contribution < 1.29 is 0 Å². The second kappa shape index (κ2) is 6.59. The molecule has 0 heterocycles. The molecule has 0 N–H and O–H groups in total. The zero-order valence-electron chi connectivity index (χ0n) is 11.2. The Kier molecular flexibility index (Phi) is 5.39. The Balaban J connectivity index is 2.86. The van der Waals surface area contributed by atoms with E-state index < -0.39 is 0 Å². The van der Waals surface area contributed by atoms with Gasteiger partial charge in [0.15, 0.2) is 0 Å². The Morgan fingerprint density at radius 2 is 0.875 bits per heavy atom. The first-order chi connectivity index (χ1) is 7.58. The van der Waals surface area contributed by atoms with E-state index in [0.717, 1.165) is 12.8 Å². The Labute approximate surface area is 100 Å². The molecule has 1 aliphatic rings. The van der Waals surface area contributed by atoms with Crippen molar-refractivity contribution in [3.8, 4) is 0 Å². The standard InChI is InChI=1S/C16H24/c1-13-7-5-6-8-14(2)12-16(4)10-9-15(3)11-13/h5-10H2,1-4H3. The summed E-state index contributed by atoms with van der Waals surface area (Å²) in [5, 5.41) is 0. The lowest BCUT2D eigenvalue weighted by molar-refractivity contribution is 0.724. The number of rotatable bonds is 0. The molecule has 0 spiro atoms. The van der Waals surface area contributed by atoms with Crippen molar-refractivity contribution in [3.05, 3.63) is 33.8 Å². The lowest BCUT2D eigenvalue weighted by atomic mass is 10.0. The zero-order chi connectivity index (χ0) is 12.0. The second-order valence-electron chi connectivity index (χ2n) is 5.08. The van der Waals surface area contributed by atoms with Crippen LogP contribution in [-0.4, -0.2) is 0 Å². The molecule has 0 saturated carbocycles. The third kappa shape index (κ3) is 5.21. The third-order valence-electron chi connectivity index (χ3n) is 3.08. The van der Waals surface area contributed by atoms with E-state index in [-0.39, 0.29) is 0 Å². The van der Waals surface area contributed by atoms with Gasteiger partial charge in [0.2, 0.25) is 0 Å². The van der Waals surface area contributed by atoms with Gasteiger partial charge in [-0.3, -0.25) is 0 Å². The van der Waals surface area contributed by atoms with Gasteiger partial charge >= 0.3 is 0 Å². The van der Waals surface area contributed by atoms with Gasteiger partial charge in [0.25, 0.3) is 0 Å². The van der Waals surface area contributed by atoms with Crippen LogP contribution in [0.25, 0.3) is 0 Å². The first-order valence-electron chi connectivity index (χ1n) is 6.41. The fraction of sp³-hybridized carbons (Fsp3) is 0.625. The van der Waals surface area contributed by atoms with Gasteiger partial charge < -0.3 is 0 Å². The maximum Gasteiger partial charge on any atom is -0.0203 e. The van der Waals surface area contributed by atoms with E-state index in [1.165, 1.54) is 48.0 Å². The van der Waals surface area contributed by atoms with Crippen molar-refractivity contribution in [1.29, 1.82) is 0 Å². The predicted molar refractivity (Wildman–Crippen MR) is 71.5 cm³/mol. The molecule has 1 rings (SSSR count). The Bertz CT molecular complexity index is 329. The molecule has 0 aromatic rings. The predicted octanol–water partition coefficient (Wildman–Crippen LogP) is 5.32. The summed E-state index contributed by atoms with van der Waals surface area (Å²) < 4.78 is 0. The topological polar surface area (TPSA) is 0 Å². The summed E-state index contributed by atoms with van der Waals surface area (Å²) in [7, 11) is 0. The van der Waals surface area contributed by atoms with Crippen molar-refractivity contribution in [1.82, 2.24) is 0 Å². The minimum Gasteiger partial charge on any atom is -0.123 e. The highest BCUT2D eigenvalue weighted by molar-refractivity contribution is 5.11. The number of hydrogen-bond donors (Lipinski definition) is 0. The van der Waals surface area contributed by atoms with Crippen molar-refractivity contribution in [3.63, 3.8) is 0 Å². The van der Waals surface area contributed by atoms with Gasteiger partial charge in [-0.2, -0.15) is 0 Å². The molecule has 0 aromatic carbocycles. The van der Waals surface area contributed by atoms with Crippen molar-refractivity contribution in [2.24, 2.45) is 0 Å². The normalized spacial score (nSPS) is 19.8. The lowest BCUT2D eigenvalue weighted by Crippen LogP contribution is -1.85. The van der Waals surface area contributed by atoms with Gasteiger partial charge in [-0.15, -0.1) is 11.5 Å². The maximum atomic E-state index is 3.51. The van der Waals surface area contributed by atoms with Gasteiger partial charge in [0.1, 0.15) is 0 Å². The number of allylic oxidation sites excluding steroid dienone is 2. The summed E-state index contributed by atoms with van der Waals surface area (Å²) >= 11 is 0. The monoisotopic (exact) mass is 216 g/mol. The second-order valence-corrected chi connectivity index (χ2v) is 5.08. The highest BCUT2D eigenvalue weighted by atomic mass is 14.0. The van der Waals surface area contributed by atoms with E-state index in [1.54, 1.807) is 0 Å². The van der Waals surface area contributed by atoms with E-state index in [1.807, 2.05) is 0 Å². The molecule has 0 aliphatic heterocycles. The third-order valence-corrected chi connectivity index (χ3v) is 3.08. The zero-order valence-corrected chi connectivity index (χ0v) is 11.2. The van der Waals surface area contributed by atoms with Crippen LogP contribution in [0, 0.1) is 0 Å². The highest BCUT2D eigenvalue weighted by Crippen LogP contribution is 2.16. The molecule has 0 saturated heterocycles. The first kappa shape index (κ1) is 13.1. The minimum absolute atomic E-state index is 1.13. The quantitative estimate of drug-likeness (QED) is 0.480. The molecule has 16 heavy (non-hydrogen) atoms. The van der Waals surface area contributed by atoms with Crippen molar-refractivity contribution in [2.45, 2.75) is 66.2 Å². The van der Waals surface area contributed by atoms with Crippen LogP contribution in [0.4, 0.5) is 0 Å². The van der Waals surface area contributed by atoms with E-state index >= 15 is 0 Å². The van der Waals surface area contributed by atoms with Gasteiger partial charge in [-0.05, 0) is 88.5 Å². The van der Waals surface area contributed by atoms with Crippen molar-refractivity contribution in [2.75, 3.05) is 0 Å². The van der Waals surface area contributed by atoms with Crippen LogP contribution in [0.2, 0.25) is 0 Å². The molecule has 0 bridgehead atoms. The van der Waals surface area contributed by atoms with E-state index in [4.69, 9.17) is 0 Å². The molecule has 0 amide bonds. The van der Waals surface area contributed by atoms with Gasteiger partial charge in [-0.1, -0.05) is 0 Å². The molecule has 0 aromatic heterocycles. The van der Waals surface area contributed by atoms with Crippen LogP contribution >= 0.6 is 0 Å². The van der Waals surface area contributed by atoms with E-state index in [2.05, 4.69) is 39.2 Å².